The number of hydrogen-bond acceptors (Lipinski definition) is 8. The van der Waals surface area contributed by atoms with Gasteiger partial charge in [-0.25, -0.2) is 0 Å². The average molecular weight is 576 g/mol. The van der Waals surface area contributed by atoms with Crippen LogP contribution in [-0.4, -0.2) is 79.2 Å². The summed E-state index contributed by atoms with van der Waals surface area (Å²) in [5, 5.41) is 22.4. The third-order valence-corrected chi connectivity index (χ3v) is 9.21. The first-order valence-electron chi connectivity index (χ1n) is 15.1. The van der Waals surface area contributed by atoms with Gasteiger partial charge in [-0.15, -0.1) is 0 Å². The fraction of sp³-hybridized carbons (Fsp3) is 0.412. The number of aromatic nitrogens is 1. The molecule has 4 heterocycles. The van der Waals surface area contributed by atoms with Crippen molar-refractivity contribution in [3.63, 3.8) is 0 Å². The molecule has 3 aromatic rings. The molecule has 3 aliphatic rings. The molecule has 6 rings (SSSR count). The number of pyridine rings is 1. The van der Waals surface area contributed by atoms with Crippen molar-refractivity contribution in [1.82, 2.24) is 14.8 Å². The van der Waals surface area contributed by atoms with Crippen molar-refractivity contribution in [3.8, 4) is 18.0 Å². The van der Waals surface area contributed by atoms with Crippen LogP contribution in [0, 0.1) is 22.7 Å². The van der Waals surface area contributed by atoms with E-state index in [1.807, 2.05) is 0 Å². The summed E-state index contributed by atoms with van der Waals surface area (Å²) in [5.41, 5.74) is 3.64. The maximum absolute atomic E-state index is 12.6. The number of carbonyl (C=O) groups is 1. The Bertz CT molecular complexity index is 1620. The van der Waals surface area contributed by atoms with E-state index >= 15 is 0 Å². The maximum atomic E-state index is 12.6. The normalized spacial score (nSPS) is 20.4. The third-order valence-electron chi connectivity index (χ3n) is 9.21. The predicted molar refractivity (Wildman–Crippen MR) is 167 cm³/mol. The highest BCUT2D eigenvalue weighted by Crippen LogP contribution is 2.38. The highest BCUT2D eigenvalue weighted by molar-refractivity contribution is 5.94. The number of fused-ring (bicyclic) bond motifs is 2. The number of piperazine rings is 1. The molecule has 43 heavy (non-hydrogen) atoms. The van der Waals surface area contributed by atoms with Gasteiger partial charge in [0, 0.05) is 61.0 Å². The van der Waals surface area contributed by atoms with Gasteiger partial charge in [0.2, 0.25) is 11.8 Å². The molecule has 9 nitrogen and oxygen atoms in total. The number of hydrogen-bond donors (Lipinski definition) is 0. The zero-order valence-corrected chi connectivity index (χ0v) is 24.7. The van der Waals surface area contributed by atoms with Gasteiger partial charge in [0.25, 0.3) is 0 Å². The van der Waals surface area contributed by atoms with Gasteiger partial charge < -0.3 is 24.3 Å². The van der Waals surface area contributed by atoms with Crippen molar-refractivity contribution in [2.45, 2.75) is 44.3 Å². The van der Waals surface area contributed by atoms with Crippen LogP contribution in [0.15, 0.2) is 55.1 Å². The average Bonchev–Trinajstić information content (AvgIpc) is 3.46. The van der Waals surface area contributed by atoms with Crippen molar-refractivity contribution in [1.29, 1.82) is 10.5 Å². The number of anilines is 2. The summed E-state index contributed by atoms with van der Waals surface area (Å²) in [6.07, 6.45) is 4.44. The summed E-state index contributed by atoms with van der Waals surface area (Å²) in [4.78, 5) is 26.2. The van der Waals surface area contributed by atoms with Crippen LogP contribution in [0.2, 0.25) is 0 Å². The van der Waals surface area contributed by atoms with E-state index in [9.17, 15) is 15.3 Å². The van der Waals surface area contributed by atoms with Gasteiger partial charge in [0.1, 0.15) is 24.1 Å². The summed E-state index contributed by atoms with van der Waals surface area (Å²) in [6, 6.07) is 19.5. The van der Waals surface area contributed by atoms with Crippen molar-refractivity contribution in [3.05, 3.63) is 71.8 Å². The highest BCUT2D eigenvalue weighted by atomic mass is 16.5. The van der Waals surface area contributed by atoms with E-state index in [-0.39, 0.29) is 24.4 Å². The second-order valence-corrected chi connectivity index (χ2v) is 11.6. The zero-order chi connectivity index (χ0) is 29.9. The number of ether oxygens (including phenoxy) is 1. The minimum absolute atomic E-state index is 0.162. The quantitative estimate of drug-likeness (QED) is 0.386. The van der Waals surface area contributed by atoms with E-state index in [1.54, 1.807) is 4.90 Å². The number of likely N-dealkylation sites (N-methyl/N-ethyl adjacent to an activating group) is 1. The summed E-state index contributed by atoms with van der Waals surface area (Å²) < 4.78 is 6.39. The minimum Gasteiger partial charge on any atom is -0.475 e. The first-order chi connectivity index (χ1) is 21.0. The fourth-order valence-corrected chi connectivity index (χ4v) is 6.86. The maximum Gasteiger partial charge on any atom is 0.246 e. The topological polar surface area (TPSA) is 99.7 Å². The monoisotopic (exact) mass is 575 g/mol. The molecule has 0 N–H and O–H groups in total. The van der Waals surface area contributed by atoms with E-state index in [2.05, 4.69) is 82.9 Å². The summed E-state index contributed by atoms with van der Waals surface area (Å²) in [5.74, 6) is 1.01. The number of nitrogens with zero attached hydrogens (tertiary/aromatic N) is 7. The van der Waals surface area contributed by atoms with Crippen LogP contribution in [0.4, 0.5) is 11.5 Å². The fourth-order valence-electron chi connectivity index (χ4n) is 6.86. The van der Waals surface area contributed by atoms with Crippen LogP contribution in [0.3, 0.4) is 0 Å². The lowest BCUT2D eigenvalue weighted by atomic mass is 9.94. The van der Waals surface area contributed by atoms with E-state index in [1.165, 1.54) is 16.8 Å². The van der Waals surface area contributed by atoms with Crippen LogP contribution in [-0.2, 0) is 17.8 Å². The Labute approximate surface area is 253 Å². The van der Waals surface area contributed by atoms with E-state index in [0.717, 1.165) is 55.0 Å². The van der Waals surface area contributed by atoms with E-state index in [4.69, 9.17) is 9.72 Å². The van der Waals surface area contributed by atoms with Crippen molar-refractivity contribution >= 4 is 28.2 Å². The molecule has 0 aliphatic carbocycles. The number of benzene rings is 2. The van der Waals surface area contributed by atoms with Crippen LogP contribution < -0.4 is 14.5 Å². The van der Waals surface area contributed by atoms with E-state index < -0.39 is 0 Å². The molecule has 1 unspecified atom stereocenters. The molecule has 2 saturated heterocycles. The molecule has 0 radical (unpaired) electrons. The van der Waals surface area contributed by atoms with E-state index in [0.29, 0.717) is 44.2 Å². The predicted octanol–water partition coefficient (Wildman–Crippen LogP) is 4.26. The van der Waals surface area contributed by atoms with Gasteiger partial charge in [0.15, 0.2) is 0 Å². The Morgan fingerprint density at radius 3 is 2.67 bits per heavy atom. The SMILES string of the molecule is C=CC(=O)N1CCN(c2nc(OC[C@@H]3CCCN3C)c(C#N)c3c2CCN(c2cccc4ccccc24)C3)CC1CC#N. The Morgan fingerprint density at radius 2 is 1.91 bits per heavy atom. The van der Waals surface area contributed by atoms with Crippen LogP contribution >= 0.6 is 0 Å². The number of nitriles is 2. The first kappa shape index (κ1) is 28.5. The number of amides is 1. The molecular weight excluding hydrogens is 538 g/mol. The Morgan fingerprint density at radius 1 is 1.07 bits per heavy atom. The lowest BCUT2D eigenvalue weighted by Gasteiger charge is -2.42. The number of carbonyl (C=O) groups excluding carboxylic acids is 1. The molecule has 1 amide bonds. The molecule has 2 fully saturated rings. The largest absolute Gasteiger partial charge is 0.475 e. The smallest absolute Gasteiger partial charge is 0.246 e. The number of likely N-dealkylation sites (tertiary alicyclic amines) is 1. The van der Waals surface area contributed by atoms with Gasteiger partial charge in [0.05, 0.1) is 18.5 Å². The Balaban J connectivity index is 1.39. The molecule has 0 bridgehead atoms. The second-order valence-electron chi connectivity index (χ2n) is 11.6. The molecule has 1 aromatic heterocycles. The Kier molecular flexibility index (Phi) is 8.18. The van der Waals surface area contributed by atoms with Crippen molar-refractivity contribution in [2.75, 3.05) is 56.2 Å². The highest BCUT2D eigenvalue weighted by Gasteiger charge is 2.35. The number of rotatable bonds is 7. The molecule has 3 aliphatic heterocycles. The molecule has 0 saturated carbocycles. The van der Waals surface area contributed by atoms with Gasteiger partial charge in [-0.3, -0.25) is 4.79 Å². The van der Waals surface area contributed by atoms with Crippen molar-refractivity contribution in [2.24, 2.45) is 0 Å². The lowest BCUT2D eigenvalue weighted by Crippen LogP contribution is -2.55. The van der Waals surface area contributed by atoms with Gasteiger partial charge in [-0.2, -0.15) is 15.5 Å². The standard InChI is InChI=1S/C34H37N7O2/c1-3-32(42)41-19-18-40(21-25(41)13-15-35)33-28-14-17-39(31-12-6-9-24-8-4-5-11-27(24)31)22-30(28)29(20-36)34(37-33)43-23-26-10-7-16-38(26)2/h3-6,8-9,11-12,25-26H,1,7,10,13-14,16-19,21-23H2,2H3/t25?,26-/m0/s1. The second kappa shape index (κ2) is 12.3. The first-order valence-corrected chi connectivity index (χ1v) is 15.1. The zero-order valence-electron chi connectivity index (χ0n) is 24.7. The van der Waals surface area contributed by atoms with Crippen LogP contribution in [0.1, 0.15) is 36.0 Å². The van der Waals surface area contributed by atoms with Crippen molar-refractivity contribution < 1.29 is 9.53 Å². The molecule has 220 valence electrons. The molecule has 2 aromatic carbocycles. The van der Waals surface area contributed by atoms with Crippen LogP contribution in [0.25, 0.3) is 10.8 Å². The molecule has 9 heteroatoms. The summed E-state index contributed by atoms with van der Waals surface area (Å²) >= 11 is 0. The molecule has 0 spiro atoms. The lowest BCUT2D eigenvalue weighted by molar-refractivity contribution is -0.128. The third kappa shape index (κ3) is 5.49. The van der Waals surface area contributed by atoms with Gasteiger partial charge >= 0.3 is 0 Å². The molecule has 2 atom stereocenters. The molecular formula is C34H37N7O2. The minimum atomic E-state index is -0.273. The summed E-state index contributed by atoms with van der Waals surface area (Å²) in [6.45, 7) is 8.04. The van der Waals surface area contributed by atoms with Gasteiger partial charge in [-0.1, -0.05) is 43.0 Å². The van der Waals surface area contributed by atoms with Crippen LogP contribution in [0.5, 0.6) is 5.88 Å². The van der Waals surface area contributed by atoms with Gasteiger partial charge in [-0.05, 0) is 50.4 Å². The Hall–Kier alpha value is -4.60. The summed E-state index contributed by atoms with van der Waals surface area (Å²) in [7, 11) is 2.11.